The Bertz CT molecular complexity index is 759. The summed E-state index contributed by atoms with van der Waals surface area (Å²) in [5.41, 5.74) is 3.21. The fraction of sp³-hybridized carbons (Fsp3) is 0.350. The molecule has 2 amide bonds. The van der Waals surface area contributed by atoms with Crippen molar-refractivity contribution in [1.29, 1.82) is 0 Å². The van der Waals surface area contributed by atoms with Crippen LogP contribution >= 0.6 is 0 Å². The maximum absolute atomic E-state index is 12.3. The quantitative estimate of drug-likeness (QED) is 0.896. The number of urea groups is 1. The molecular weight excluding hydrogens is 330 g/mol. The van der Waals surface area contributed by atoms with Crippen LogP contribution in [0.1, 0.15) is 11.1 Å². The van der Waals surface area contributed by atoms with Gasteiger partial charge in [-0.3, -0.25) is 0 Å². The molecule has 0 spiro atoms. The molecule has 1 aliphatic heterocycles. The van der Waals surface area contributed by atoms with Crippen molar-refractivity contribution < 1.29 is 14.3 Å². The molecule has 1 aliphatic rings. The summed E-state index contributed by atoms with van der Waals surface area (Å²) in [6.07, 6.45) is 0. The fourth-order valence-electron chi connectivity index (χ4n) is 2.76. The number of fused-ring (bicyclic) bond motifs is 1. The van der Waals surface area contributed by atoms with E-state index in [-0.39, 0.29) is 6.03 Å². The Kier molecular flexibility index (Phi) is 5.51. The number of nitrogens with one attached hydrogen (secondary N) is 1. The Balaban J connectivity index is 1.52. The van der Waals surface area contributed by atoms with Crippen LogP contribution < -0.4 is 19.7 Å². The molecule has 26 heavy (non-hydrogen) atoms. The van der Waals surface area contributed by atoms with E-state index in [0.717, 1.165) is 28.3 Å². The molecule has 0 saturated carbocycles. The predicted molar refractivity (Wildman–Crippen MR) is 102 cm³/mol. The van der Waals surface area contributed by atoms with Crippen molar-refractivity contribution in [2.45, 2.75) is 13.1 Å². The average Bonchev–Trinajstić information content (AvgIpc) is 2.66. The molecule has 138 valence electrons. The van der Waals surface area contributed by atoms with Gasteiger partial charge in [-0.25, -0.2) is 4.79 Å². The summed E-state index contributed by atoms with van der Waals surface area (Å²) < 4.78 is 11.1. The van der Waals surface area contributed by atoms with Crippen molar-refractivity contribution in [3.63, 3.8) is 0 Å². The van der Waals surface area contributed by atoms with Crippen molar-refractivity contribution in [2.75, 3.05) is 39.3 Å². The lowest BCUT2D eigenvalue weighted by atomic mass is 10.2. The van der Waals surface area contributed by atoms with E-state index in [2.05, 4.69) is 17.4 Å². The van der Waals surface area contributed by atoms with Crippen LogP contribution in [0.5, 0.6) is 11.5 Å². The Morgan fingerprint density at radius 2 is 1.62 bits per heavy atom. The van der Waals surface area contributed by atoms with Crippen molar-refractivity contribution in [1.82, 2.24) is 10.2 Å². The summed E-state index contributed by atoms with van der Waals surface area (Å²) in [4.78, 5) is 16.1. The van der Waals surface area contributed by atoms with Gasteiger partial charge in [0.1, 0.15) is 13.2 Å². The van der Waals surface area contributed by atoms with Crippen LogP contribution in [0.3, 0.4) is 0 Å². The van der Waals surface area contributed by atoms with Gasteiger partial charge in [-0.15, -0.1) is 0 Å². The Morgan fingerprint density at radius 1 is 0.962 bits per heavy atom. The van der Waals surface area contributed by atoms with Crippen LogP contribution in [0.2, 0.25) is 0 Å². The standard InChI is InChI=1S/C20H25N3O3/c1-22(2)17-7-4-15(5-8-17)14-23(3)20(24)21-13-16-6-9-18-19(12-16)26-11-10-25-18/h4-9,12H,10-11,13-14H2,1-3H3,(H,21,24). The summed E-state index contributed by atoms with van der Waals surface area (Å²) in [6, 6.07) is 13.8. The Hall–Kier alpha value is -2.89. The third-order valence-electron chi connectivity index (χ3n) is 4.27. The van der Waals surface area contributed by atoms with Gasteiger partial charge in [0.2, 0.25) is 0 Å². The molecular formula is C20H25N3O3. The van der Waals surface area contributed by atoms with Crippen molar-refractivity contribution in [3.8, 4) is 11.5 Å². The first-order valence-corrected chi connectivity index (χ1v) is 8.66. The fourth-order valence-corrected chi connectivity index (χ4v) is 2.76. The van der Waals surface area contributed by atoms with Gasteiger partial charge in [0.15, 0.2) is 11.5 Å². The molecule has 0 saturated heterocycles. The molecule has 6 nitrogen and oxygen atoms in total. The van der Waals surface area contributed by atoms with Gasteiger partial charge in [-0.1, -0.05) is 18.2 Å². The van der Waals surface area contributed by atoms with Gasteiger partial charge in [0, 0.05) is 39.9 Å². The molecule has 0 unspecified atom stereocenters. The number of ether oxygens (including phenoxy) is 2. The monoisotopic (exact) mass is 355 g/mol. The zero-order valence-electron chi connectivity index (χ0n) is 15.5. The highest BCUT2D eigenvalue weighted by atomic mass is 16.6. The third-order valence-corrected chi connectivity index (χ3v) is 4.27. The van der Waals surface area contributed by atoms with Crippen LogP contribution in [0.25, 0.3) is 0 Å². The highest BCUT2D eigenvalue weighted by molar-refractivity contribution is 5.73. The number of hydrogen-bond donors (Lipinski definition) is 1. The number of nitrogens with zero attached hydrogens (tertiary/aromatic N) is 2. The smallest absolute Gasteiger partial charge is 0.317 e. The lowest BCUT2D eigenvalue weighted by Gasteiger charge is -2.20. The first-order chi connectivity index (χ1) is 12.5. The Labute approximate surface area is 154 Å². The SMILES string of the molecule is CN(Cc1ccc(N(C)C)cc1)C(=O)NCc1ccc2c(c1)OCCO2. The normalized spacial score (nSPS) is 12.4. The Morgan fingerprint density at radius 3 is 2.31 bits per heavy atom. The van der Waals surface area contributed by atoms with Gasteiger partial charge >= 0.3 is 6.03 Å². The molecule has 0 fully saturated rings. The van der Waals surface area contributed by atoms with E-state index in [1.807, 2.05) is 49.3 Å². The number of rotatable bonds is 5. The van der Waals surface area contributed by atoms with E-state index in [1.54, 1.807) is 11.9 Å². The van der Waals surface area contributed by atoms with Crippen molar-refractivity contribution in [2.24, 2.45) is 0 Å². The second kappa shape index (κ2) is 7.99. The molecule has 0 atom stereocenters. The van der Waals surface area contributed by atoms with E-state index < -0.39 is 0 Å². The highest BCUT2D eigenvalue weighted by Crippen LogP contribution is 2.30. The topological polar surface area (TPSA) is 54.0 Å². The van der Waals surface area contributed by atoms with E-state index in [0.29, 0.717) is 26.3 Å². The minimum absolute atomic E-state index is 0.114. The highest BCUT2D eigenvalue weighted by Gasteiger charge is 2.13. The van der Waals surface area contributed by atoms with Crippen LogP contribution in [-0.4, -0.2) is 45.3 Å². The average molecular weight is 355 g/mol. The van der Waals surface area contributed by atoms with Crippen LogP contribution in [-0.2, 0) is 13.1 Å². The molecule has 0 aromatic heterocycles. The molecule has 0 bridgehead atoms. The number of hydrogen-bond acceptors (Lipinski definition) is 4. The lowest BCUT2D eigenvalue weighted by Crippen LogP contribution is -2.36. The minimum atomic E-state index is -0.114. The number of amides is 2. The van der Waals surface area contributed by atoms with Gasteiger partial charge in [0.25, 0.3) is 0 Å². The second-order valence-corrected chi connectivity index (χ2v) is 6.55. The first-order valence-electron chi connectivity index (χ1n) is 8.66. The van der Waals surface area contributed by atoms with E-state index in [4.69, 9.17) is 9.47 Å². The molecule has 3 rings (SSSR count). The number of anilines is 1. The van der Waals surface area contributed by atoms with E-state index in [1.165, 1.54) is 0 Å². The zero-order valence-corrected chi connectivity index (χ0v) is 15.5. The number of carbonyl (C=O) groups is 1. The maximum atomic E-state index is 12.3. The van der Waals surface area contributed by atoms with E-state index in [9.17, 15) is 4.79 Å². The number of carbonyl (C=O) groups excluding carboxylic acids is 1. The molecule has 1 heterocycles. The molecule has 6 heteroatoms. The summed E-state index contributed by atoms with van der Waals surface area (Å²) in [5, 5.41) is 2.94. The van der Waals surface area contributed by atoms with Gasteiger partial charge < -0.3 is 24.6 Å². The molecule has 1 N–H and O–H groups in total. The van der Waals surface area contributed by atoms with Crippen LogP contribution in [0.4, 0.5) is 10.5 Å². The van der Waals surface area contributed by atoms with Gasteiger partial charge in [-0.2, -0.15) is 0 Å². The van der Waals surface area contributed by atoms with Crippen LogP contribution in [0.15, 0.2) is 42.5 Å². The summed E-state index contributed by atoms with van der Waals surface area (Å²) >= 11 is 0. The van der Waals surface area contributed by atoms with Gasteiger partial charge in [0.05, 0.1) is 0 Å². The number of benzene rings is 2. The second-order valence-electron chi connectivity index (χ2n) is 6.55. The summed E-state index contributed by atoms with van der Waals surface area (Å²) in [7, 11) is 5.80. The molecule has 2 aromatic rings. The lowest BCUT2D eigenvalue weighted by molar-refractivity contribution is 0.171. The third kappa shape index (κ3) is 4.39. The van der Waals surface area contributed by atoms with Crippen LogP contribution in [0, 0.1) is 0 Å². The summed E-state index contributed by atoms with van der Waals surface area (Å²) in [5.74, 6) is 1.49. The largest absolute Gasteiger partial charge is 0.486 e. The van der Waals surface area contributed by atoms with Gasteiger partial charge in [-0.05, 0) is 35.4 Å². The molecule has 0 aliphatic carbocycles. The predicted octanol–water partition coefficient (Wildman–Crippen LogP) is 2.87. The summed E-state index contributed by atoms with van der Waals surface area (Å²) in [6.45, 7) is 2.13. The zero-order chi connectivity index (χ0) is 18.5. The minimum Gasteiger partial charge on any atom is -0.486 e. The molecule has 0 radical (unpaired) electrons. The van der Waals surface area contributed by atoms with Crippen molar-refractivity contribution >= 4 is 11.7 Å². The van der Waals surface area contributed by atoms with Crippen molar-refractivity contribution in [3.05, 3.63) is 53.6 Å². The first kappa shape index (κ1) is 17.9. The molecule has 2 aromatic carbocycles. The maximum Gasteiger partial charge on any atom is 0.317 e. The van der Waals surface area contributed by atoms with E-state index >= 15 is 0 Å².